The van der Waals surface area contributed by atoms with Crippen molar-refractivity contribution < 1.29 is 0 Å². The topological polar surface area (TPSA) is 38.0 Å². The molecule has 2 nitrogen and oxygen atoms in total. The SMILES string of the molecule is CCSc1cccc(NC(C)(C)C2CC2)c1C(N)=S. The van der Waals surface area contributed by atoms with Gasteiger partial charge < -0.3 is 11.1 Å². The second-order valence-electron chi connectivity index (χ2n) is 5.60. The number of anilines is 1. The van der Waals surface area contributed by atoms with E-state index in [1.54, 1.807) is 11.8 Å². The van der Waals surface area contributed by atoms with Crippen LogP contribution in [0.1, 0.15) is 39.2 Å². The lowest BCUT2D eigenvalue weighted by Crippen LogP contribution is -2.34. The summed E-state index contributed by atoms with van der Waals surface area (Å²) in [4.78, 5) is 1.65. The van der Waals surface area contributed by atoms with Crippen LogP contribution in [-0.4, -0.2) is 16.3 Å². The van der Waals surface area contributed by atoms with Gasteiger partial charge in [0.05, 0.1) is 0 Å². The lowest BCUT2D eigenvalue weighted by Gasteiger charge is -2.29. The first-order chi connectivity index (χ1) is 8.95. The van der Waals surface area contributed by atoms with Crippen LogP contribution in [0.25, 0.3) is 0 Å². The number of hydrogen-bond donors (Lipinski definition) is 2. The van der Waals surface area contributed by atoms with Gasteiger partial charge in [-0.15, -0.1) is 11.8 Å². The van der Waals surface area contributed by atoms with Crippen molar-refractivity contribution >= 4 is 34.7 Å². The lowest BCUT2D eigenvalue weighted by atomic mass is 9.97. The molecule has 19 heavy (non-hydrogen) atoms. The van der Waals surface area contributed by atoms with E-state index in [4.69, 9.17) is 18.0 Å². The molecule has 4 heteroatoms. The third-order valence-corrected chi connectivity index (χ3v) is 4.77. The number of benzene rings is 1. The Kier molecular flexibility index (Phi) is 4.41. The van der Waals surface area contributed by atoms with Crippen LogP contribution >= 0.6 is 24.0 Å². The van der Waals surface area contributed by atoms with Crippen LogP contribution in [0.5, 0.6) is 0 Å². The van der Waals surface area contributed by atoms with Crippen LogP contribution in [0, 0.1) is 5.92 Å². The molecule has 0 atom stereocenters. The Bertz CT molecular complexity index is 479. The van der Waals surface area contributed by atoms with Gasteiger partial charge in [-0.25, -0.2) is 0 Å². The molecule has 0 amide bonds. The highest BCUT2D eigenvalue weighted by Gasteiger charge is 2.38. The summed E-state index contributed by atoms with van der Waals surface area (Å²) >= 11 is 7.03. The van der Waals surface area contributed by atoms with Gasteiger partial charge in [0.2, 0.25) is 0 Å². The molecule has 1 fully saturated rings. The first-order valence-electron chi connectivity index (χ1n) is 6.79. The fourth-order valence-electron chi connectivity index (χ4n) is 2.42. The van der Waals surface area contributed by atoms with E-state index in [2.05, 4.69) is 44.3 Å². The van der Waals surface area contributed by atoms with Crippen LogP contribution in [-0.2, 0) is 0 Å². The predicted octanol–water partition coefficient (Wildman–Crippen LogP) is 4.03. The zero-order valence-corrected chi connectivity index (χ0v) is 13.5. The maximum atomic E-state index is 5.93. The fraction of sp³-hybridized carbons (Fsp3) is 0.533. The van der Waals surface area contributed by atoms with Gasteiger partial charge in [-0.05, 0) is 50.5 Å². The second kappa shape index (κ2) is 5.71. The Morgan fingerprint density at radius 1 is 1.47 bits per heavy atom. The van der Waals surface area contributed by atoms with Gasteiger partial charge in [-0.2, -0.15) is 0 Å². The van der Waals surface area contributed by atoms with Crippen molar-refractivity contribution in [3.8, 4) is 0 Å². The van der Waals surface area contributed by atoms with Crippen molar-refractivity contribution in [1.82, 2.24) is 0 Å². The Morgan fingerprint density at radius 3 is 2.68 bits per heavy atom. The summed E-state index contributed by atoms with van der Waals surface area (Å²) in [5, 5.41) is 3.65. The zero-order valence-electron chi connectivity index (χ0n) is 11.8. The molecule has 0 saturated heterocycles. The largest absolute Gasteiger partial charge is 0.389 e. The zero-order chi connectivity index (χ0) is 14.0. The summed E-state index contributed by atoms with van der Waals surface area (Å²) in [7, 11) is 0. The monoisotopic (exact) mass is 294 g/mol. The summed E-state index contributed by atoms with van der Waals surface area (Å²) in [5.41, 5.74) is 8.11. The highest BCUT2D eigenvalue weighted by molar-refractivity contribution is 7.99. The molecule has 0 heterocycles. The molecule has 1 saturated carbocycles. The van der Waals surface area contributed by atoms with Gasteiger partial charge in [0, 0.05) is 21.7 Å². The number of thioether (sulfide) groups is 1. The highest BCUT2D eigenvalue weighted by atomic mass is 32.2. The first kappa shape index (κ1) is 14.7. The summed E-state index contributed by atoms with van der Waals surface area (Å²) < 4.78 is 0. The van der Waals surface area contributed by atoms with E-state index in [0.29, 0.717) is 4.99 Å². The maximum absolute atomic E-state index is 5.93. The van der Waals surface area contributed by atoms with Crippen molar-refractivity contribution in [3.63, 3.8) is 0 Å². The Balaban J connectivity index is 2.33. The number of nitrogens with two attached hydrogens (primary N) is 1. The number of thiocarbonyl (C=S) groups is 1. The molecule has 1 aromatic carbocycles. The molecule has 1 aliphatic carbocycles. The van der Waals surface area contributed by atoms with Gasteiger partial charge in [-0.1, -0.05) is 25.2 Å². The summed E-state index contributed by atoms with van der Waals surface area (Å²) in [6, 6.07) is 6.25. The smallest absolute Gasteiger partial charge is 0.107 e. The van der Waals surface area contributed by atoms with E-state index in [1.807, 2.05) is 0 Å². The third-order valence-electron chi connectivity index (χ3n) is 3.63. The standard InChI is InChI=1S/C15H22N2S2/c1-4-19-12-7-5-6-11(13(12)14(16)18)17-15(2,3)10-8-9-10/h5-7,10,17H,4,8-9H2,1-3H3,(H2,16,18). The quantitative estimate of drug-likeness (QED) is 0.613. The van der Waals surface area contributed by atoms with Crippen LogP contribution < -0.4 is 11.1 Å². The van der Waals surface area contributed by atoms with Crippen LogP contribution in [0.15, 0.2) is 23.1 Å². The maximum Gasteiger partial charge on any atom is 0.107 e. The molecule has 104 valence electrons. The van der Waals surface area contributed by atoms with Crippen molar-refractivity contribution in [2.45, 2.75) is 44.0 Å². The minimum Gasteiger partial charge on any atom is -0.389 e. The summed E-state index contributed by atoms with van der Waals surface area (Å²) in [6.45, 7) is 6.66. The molecular formula is C15H22N2S2. The minimum absolute atomic E-state index is 0.106. The fourth-order valence-corrected chi connectivity index (χ4v) is 3.55. The van der Waals surface area contributed by atoms with Crippen LogP contribution in [0.2, 0.25) is 0 Å². The molecule has 3 N–H and O–H groups in total. The highest BCUT2D eigenvalue weighted by Crippen LogP contribution is 2.42. The normalized spacial score (nSPS) is 15.3. The van der Waals surface area contributed by atoms with Gasteiger partial charge in [0.25, 0.3) is 0 Å². The average molecular weight is 294 g/mol. The summed E-state index contributed by atoms with van der Waals surface area (Å²) in [5.74, 6) is 1.78. The number of rotatable bonds is 6. The van der Waals surface area contributed by atoms with E-state index in [9.17, 15) is 0 Å². The Morgan fingerprint density at radius 2 is 2.16 bits per heavy atom. The number of nitrogens with one attached hydrogen (secondary N) is 1. The van der Waals surface area contributed by atoms with Gasteiger partial charge in [-0.3, -0.25) is 0 Å². The predicted molar refractivity (Wildman–Crippen MR) is 89.2 cm³/mol. The lowest BCUT2D eigenvalue weighted by molar-refractivity contribution is 0.494. The number of hydrogen-bond acceptors (Lipinski definition) is 3. The van der Waals surface area contributed by atoms with E-state index in [1.165, 1.54) is 17.7 Å². The van der Waals surface area contributed by atoms with E-state index in [0.717, 1.165) is 22.9 Å². The van der Waals surface area contributed by atoms with Crippen molar-refractivity contribution in [2.75, 3.05) is 11.1 Å². The van der Waals surface area contributed by atoms with Gasteiger partial charge in [0.15, 0.2) is 0 Å². The minimum atomic E-state index is 0.106. The van der Waals surface area contributed by atoms with Crippen LogP contribution in [0.3, 0.4) is 0 Å². The van der Waals surface area contributed by atoms with Gasteiger partial charge >= 0.3 is 0 Å². The summed E-state index contributed by atoms with van der Waals surface area (Å²) in [6.07, 6.45) is 2.62. The molecule has 0 aromatic heterocycles. The second-order valence-corrected chi connectivity index (χ2v) is 7.34. The van der Waals surface area contributed by atoms with Crippen molar-refractivity contribution in [2.24, 2.45) is 11.7 Å². The molecule has 0 bridgehead atoms. The Hall–Kier alpha value is -0.740. The molecule has 0 aliphatic heterocycles. The molecular weight excluding hydrogens is 272 g/mol. The average Bonchev–Trinajstić information content (AvgIpc) is 3.12. The van der Waals surface area contributed by atoms with E-state index in [-0.39, 0.29) is 5.54 Å². The molecule has 1 aliphatic rings. The van der Waals surface area contributed by atoms with Crippen LogP contribution in [0.4, 0.5) is 5.69 Å². The first-order valence-corrected chi connectivity index (χ1v) is 8.19. The van der Waals surface area contributed by atoms with E-state index < -0.39 is 0 Å². The molecule has 0 radical (unpaired) electrons. The van der Waals surface area contributed by atoms with Gasteiger partial charge in [0.1, 0.15) is 4.99 Å². The van der Waals surface area contributed by atoms with Crippen molar-refractivity contribution in [1.29, 1.82) is 0 Å². The molecule has 2 rings (SSSR count). The Labute approximate surface area is 125 Å². The molecule has 1 aromatic rings. The third kappa shape index (κ3) is 3.42. The van der Waals surface area contributed by atoms with Crippen molar-refractivity contribution in [3.05, 3.63) is 23.8 Å². The molecule has 0 spiro atoms. The van der Waals surface area contributed by atoms with E-state index >= 15 is 0 Å². The molecule has 0 unspecified atom stereocenters.